The van der Waals surface area contributed by atoms with Crippen LogP contribution >= 0.6 is 0 Å². The first-order valence-electron chi connectivity index (χ1n) is 7.19. The summed E-state index contributed by atoms with van der Waals surface area (Å²) < 4.78 is 6.88. The Balaban J connectivity index is 1.76. The van der Waals surface area contributed by atoms with Crippen LogP contribution in [0.15, 0.2) is 12.4 Å². The molecule has 1 amide bonds. The average molecular weight is 289 g/mol. The second-order valence-electron chi connectivity index (χ2n) is 5.86. The van der Waals surface area contributed by atoms with Gasteiger partial charge < -0.3 is 9.64 Å². The lowest BCUT2D eigenvalue weighted by atomic mass is 10.0. The number of rotatable bonds is 1. The molecule has 2 saturated heterocycles. The molecule has 2 fully saturated rings. The van der Waals surface area contributed by atoms with E-state index in [-0.39, 0.29) is 18.1 Å². The first-order valence-corrected chi connectivity index (χ1v) is 7.19. The van der Waals surface area contributed by atoms with Gasteiger partial charge >= 0.3 is 6.03 Å². The number of carbonyl (C=O) groups excluding carboxylic acids is 1. The van der Waals surface area contributed by atoms with Gasteiger partial charge in [-0.15, -0.1) is 0 Å². The Morgan fingerprint density at radius 2 is 2.10 bits per heavy atom. The van der Waals surface area contributed by atoms with E-state index in [2.05, 4.69) is 23.8 Å². The third-order valence-electron chi connectivity index (χ3n) is 4.10. The summed E-state index contributed by atoms with van der Waals surface area (Å²) in [6, 6.07) is 2.71. The van der Waals surface area contributed by atoms with Crippen molar-refractivity contribution >= 4 is 6.03 Å². The second-order valence-corrected chi connectivity index (χ2v) is 5.86. The van der Waals surface area contributed by atoms with Gasteiger partial charge in [-0.3, -0.25) is 4.90 Å². The predicted molar refractivity (Wildman–Crippen MR) is 74.7 cm³/mol. The molecule has 0 radical (unpaired) electrons. The van der Waals surface area contributed by atoms with E-state index in [1.165, 1.54) is 17.1 Å². The van der Waals surface area contributed by atoms with E-state index in [1.807, 2.05) is 11.0 Å². The highest BCUT2D eigenvalue weighted by molar-refractivity contribution is 5.76. The SMILES string of the molecule is CC(C)N1C2COCC1CN(C(=O)n1cc(C#N)cn1)C2. The summed E-state index contributed by atoms with van der Waals surface area (Å²) in [5.41, 5.74) is 0.396. The molecule has 1 aromatic heterocycles. The number of fused-ring (bicyclic) bond motifs is 2. The van der Waals surface area contributed by atoms with Gasteiger partial charge in [-0.1, -0.05) is 0 Å². The number of nitrogens with zero attached hydrogens (tertiary/aromatic N) is 5. The number of amides is 1. The molecule has 2 atom stereocenters. The highest BCUT2D eigenvalue weighted by atomic mass is 16.5. The molecular formula is C14H19N5O2. The molecule has 2 bridgehead atoms. The minimum atomic E-state index is -0.170. The summed E-state index contributed by atoms with van der Waals surface area (Å²) in [6.07, 6.45) is 2.88. The van der Waals surface area contributed by atoms with Crippen molar-refractivity contribution in [3.05, 3.63) is 18.0 Å². The van der Waals surface area contributed by atoms with Crippen LogP contribution in [-0.4, -0.2) is 70.0 Å². The second kappa shape index (κ2) is 5.47. The molecule has 2 aliphatic heterocycles. The quantitative estimate of drug-likeness (QED) is 0.753. The van der Waals surface area contributed by atoms with Crippen molar-refractivity contribution in [3.63, 3.8) is 0 Å². The molecule has 21 heavy (non-hydrogen) atoms. The fraction of sp³-hybridized carbons (Fsp3) is 0.643. The monoisotopic (exact) mass is 289 g/mol. The topological polar surface area (TPSA) is 74.4 Å². The van der Waals surface area contributed by atoms with Crippen molar-refractivity contribution in [3.8, 4) is 6.07 Å². The van der Waals surface area contributed by atoms with E-state index >= 15 is 0 Å². The molecular weight excluding hydrogens is 270 g/mol. The van der Waals surface area contributed by atoms with E-state index in [1.54, 1.807) is 0 Å². The van der Waals surface area contributed by atoms with Gasteiger partial charge in [0.1, 0.15) is 6.07 Å². The maximum absolute atomic E-state index is 12.5. The molecule has 7 nitrogen and oxygen atoms in total. The molecule has 0 spiro atoms. The number of hydrogen-bond acceptors (Lipinski definition) is 5. The first kappa shape index (κ1) is 14.0. The van der Waals surface area contributed by atoms with Crippen molar-refractivity contribution in [1.82, 2.24) is 19.6 Å². The standard InChI is InChI=1S/C14H19N5O2/c1-10(2)19-12-6-17(7-13(19)9-21-8-12)14(20)18-5-11(3-15)4-16-18/h4-5,10,12-13H,6-9H2,1-2H3. The number of ether oxygens (including phenoxy) is 1. The number of aromatic nitrogens is 2. The van der Waals surface area contributed by atoms with Crippen LogP contribution in [0.4, 0.5) is 4.79 Å². The lowest BCUT2D eigenvalue weighted by molar-refractivity contribution is -0.101. The average Bonchev–Trinajstić information content (AvgIpc) is 2.93. The van der Waals surface area contributed by atoms with Crippen LogP contribution in [0.5, 0.6) is 0 Å². The molecule has 7 heteroatoms. The van der Waals surface area contributed by atoms with E-state index < -0.39 is 0 Å². The van der Waals surface area contributed by atoms with Gasteiger partial charge in [0.05, 0.1) is 43.3 Å². The summed E-state index contributed by atoms with van der Waals surface area (Å²) in [6.45, 7) is 6.93. The van der Waals surface area contributed by atoms with Crippen molar-refractivity contribution in [2.75, 3.05) is 26.3 Å². The molecule has 2 aliphatic rings. The number of hydrogen-bond donors (Lipinski definition) is 0. The summed E-state index contributed by atoms with van der Waals surface area (Å²) in [4.78, 5) is 16.7. The summed E-state index contributed by atoms with van der Waals surface area (Å²) in [5, 5.41) is 12.8. The minimum absolute atomic E-state index is 0.170. The fourth-order valence-electron chi connectivity index (χ4n) is 3.32. The molecule has 0 N–H and O–H groups in total. The molecule has 3 heterocycles. The van der Waals surface area contributed by atoms with Gasteiger partial charge in [-0.05, 0) is 13.8 Å². The normalized spacial score (nSPS) is 25.9. The molecule has 1 aromatic rings. The molecule has 0 saturated carbocycles. The van der Waals surface area contributed by atoms with E-state index in [0.717, 1.165) is 0 Å². The highest BCUT2D eigenvalue weighted by Gasteiger charge is 2.41. The maximum Gasteiger partial charge on any atom is 0.344 e. The van der Waals surface area contributed by atoms with Crippen molar-refractivity contribution < 1.29 is 9.53 Å². The zero-order valence-corrected chi connectivity index (χ0v) is 12.3. The van der Waals surface area contributed by atoms with Gasteiger partial charge in [0.15, 0.2) is 0 Å². The van der Waals surface area contributed by atoms with Crippen molar-refractivity contribution in [2.24, 2.45) is 0 Å². The predicted octanol–water partition coefficient (Wildman–Crippen LogP) is 0.516. The van der Waals surface area contributed by atoms with Crippen LogP contribution in [0, 0.1) is 11.3 Å². The Hall–Kier alpha value is -1.91. The fourth-order valence-corrected chi connectivity index (χ4v) is 3.32. The smallest absolute Gasteiger partial charge is 0.344 e. The Labute approximate surface area is 123 Å². The van der Waals surface area contributed by atoms with Crippen LogP contribution in [0.2, 0.25) is 0 Å². The third kappa shape index (κ3) is 2.52. The zero-order chi connectivity index (χ0) is 15.0. The third-order valence-corrected chi connectivity index (χ3v) is 4.10. The highest BCUT2D eigenvalue weighted by Crippen LogP contribution is 2.24. The van der Waals surface area contributed by atoms with Crippen LogP contribution in [0.1, 0.15) is 19.4 Å². The van der Waals surface area contributed by atoms with Crippen molar-refractivity contribution in [2.45, 2.75) is 32.0 Å². The summed E-state index contributed by atoms with van der Waals surface area (Å²) in [5.74, 6) is 0. The number of morpholine rings is 1. The molecule has 112 valence electrons. The van der Waals surface area contributed by atoms with Gasteiger partial charge in [0.2, 0.25) is 0 Å². The van der Waals surface area contributed by atoms with Gasteiger partial charge in [0, 0.05) is 19.1 Å². The van der Waals surface area contributed by atoms with Gasteiger partial charge in [0.25, 0.3) is 0 Å². The van der Waals surface area contributed by atoms with E-state index in [4.69, 9.17) is 10.00 Å². The zero-order valence-electron chi connectivity index (χ0n) is 12.3. The van der Waals surface area contributed by atoms with Crippen LogP contribution in [0.3, 0.4) is 0 Å². The molecule has 0 aromatic carbocycles. The maximum atomic E-state index is 12.5. The number of piperazine rings is 1. The number of carbonyl (C=O) groups is 1. The number of nitriles is 1. The van der Waals surface area contributed by atoms with Gasteiger partial charge in [-0.25, -0.2) is 4.79 Å². The largest absolute Gasteiger partial charge is 0.378 e. The summed E-state index contributed by atoms with van der Waals surface area (Å²) in [7, 11) is 0. The van der Waals surface area contributed by atoms with Crippen LogP contribution in [0.25, 0.3) is 0 Å². The van der Waals surface area contributed by atoms with Crippen molar-refractivity contribution in [1.29, 1.82) is 5.26 Å². The summed E-state index contributed by atoms with van der Waals surface area (Å²) >= 11 is 0. The minimum Gasteiger partial charge on any atom is -0.378 e. The molecule has 0 aliphatic carbocycles. The van der Waals surface area contributed by atoms with E-state index in [0.29, 0.717) is 37.9 Å². The Bertz CT molecular complexity index is 562. The Kier molecular flexibility index (Phi) is 3.66. The Morgan fingerprint density at radius 3 is 2.62 bits per heavy atom. The lowest BCUT2D eigenvalue weighted by Gasteiger charge is -2.51. The first-order chi connectivity index (χ1) is 10.1. The van der Waals surface area contributed by atoms with Gasteiger partial charge in [-0.2, -0.15) is 15.0 Å². The van der Waals surface area contributed by atoms with E-state index in [9.17, 15) is 4.79 Å². The Morgan fingerprint density at radius 1 is 1.43 bits per heavy atom. The molecule has 2 unspecified atom stereocenters. The lowest BCUT2D eigenvalue weighted by Crippen LogP contribution is -2.67. The van der Waals surface area contributed by atoms with Crippen LogP contribution in [-0.2, 0) is 4.74 Å². The molecule has 3 rings (SSSR count). The van der Waals surface area contributed by atoms with Crippen LogP contribution < -0.4 is 0 Å².